The standard InChI is InChI=1S/C23H22Cl2N2O/c1-13-5-3-7-15-19(11-26-21(13)15)17(9-24)23(28)18(10-25)20-12-27-22-14(2)6-4-8-16(20)22/h3-8,11-12,17-18,26-27H,9-10H2,1-2H3. The van der Waals surface area contributed by atoms with E-state index in [1.54, 1.807) is 0 Å². The van der Waals surface area contributed by atoms with Crippen LogP contribution in [0.2, 0.25) is 0 Å². The summed E-state index contributed by atoms with van der Waals surface area (Å²) in [7, 11) is 0. The number of H-pyrrole nitrogens is 2. The monoisotopic (exact) mass is 412 g/mol. The Labute approximate surface area is 174 Å². The smallest absolute Gasteiger partial charge is 0.150 e. The number of hydrogen-bond donors (Lipinski definition) is 2. The summed E-state index contributed by atoms with van der Waals surface area (Å²) in [6.07, 6.45) is 3.82. The highest BCUT2D eigenvalue weighted by molar-refractivity contribution is 6.23. The van der Waals surface area contributed by atoms with Crippen molar-refractivity contribution in [1.82, 2.24) is 9.97 Å². The molecule has 3 nitrogen and oxygen atoms in total. The van der Waals surface area contributed by atoms with Gasteiger partial charge in [-0.2, -0.15) is 0 Å². The van der Waals surface area contributed by atoms with Crippen LogP contribution in [0.5, 0.6) is 0 Å². The van der Waals surface area contributed by atoms with E-state index in [0.29, 0.717) is 0 Å². The quantitative estimate of drug-likeness (QED) is 0.365. The summed E-state index contributed by atoms with van der Waals surface area (Å²) in [4.78, 5) is 20.2. The molecule has 0 spiro atoms. The highest BCUT2D eigenvalue weighted by Crippen LogP contribution is 2.36. The minimum atomic E-state index is -0.421. The lowest BCUT2D eigenvalue weighted by atomic mass is 9.85. The Kier molecular flexibility index (Phi) is 5.22. The van der Waals surface area contributed by atoms with Crippen molar-refractivity contribution in [2.45, 2.75) is 25.7 Å². The number of aromatic nitrogens is 2. The first-order valence-electron chi connectivity index (χ1n) is 9.35. The molecule has 2 atom stereocenters. The average molecular weight is 413 g/mol. The molecular weight excluding hydrogens is 391 g/mol. The maximum atomic E-state index is 13.6. The molecule has 0 radical (unpaired) electrons. The van der Waals surface area contributed by atoms with Crippen LogP contribution in [0.3, 0.4) is 0 Å². The molecule has 0 saturated carbocycles. The third kappa shape index (κ3) is 3.03. The van der Waals surface area contributed by atoms with Crippen molar-refractivity contribution in [3.63, 3.8) is 0 Å². The van der Waals surface area contributed by atoms with Gasteiger partial charge in [-0.05, 0) is 36.1 Å². The first-order chi connectivity index (χ1) is 13.6. The van der Waals surface area contributed by atoms with Gasteiger partial charge in [0, 0.05) is 46.0 Å². The Balaban J connectivity index is 1.78. The first-order valence-corrected chi connectivity index (χ1v) is 10.4. The summed E-state index contributed by atoms with van der Waals surface area (Å²) in [5.41, 5.74) is 6.25. The van der Waals surface area contributed by atoms with E-state index in [0.717, 1.165) is 44.1 Å². The Bertz CT molecular complexity index is 1070. The van der Waals surface area contributed by atoms with Crippen molar-refractivity contribution in [3.8, 4) is 0 Å². The van der Waals surface area contributed by atoms with Crippen LogP contribution in [0, 0.1) is 13.8 Å². The highest BCUT2D eigenvalue weighted by Gasteiger charge is 2.31. The number of aryl methyl sites for hydroxylation is 2. The van der Waals surface area contributed by atoms with Gasteiger partial charge in [-0.15, -0.1) is 23.2 Å². The Morgan fingerprint density at radius 3 is 1.64 bits per heavy atom. The summed E-state index contributed by atoms with van der Waals surface area (Å²) in [5.74, 6) is -0.357. The second-order valence-corrected chi connectivity index (χ2v) is 7.92. The van der Waals surface area contributed by atoms with E-state index >= 15 is 0 Å². The molecular formula is C23H22Cl2N2O. The lowest BCUT2D eigenvalue weighted by molar-refractivity contribution is -0.121. The van der Waals surface area contributed by atoms with Gasteiger partial charge < -0.3 is 9.97 Å². The number of para-hydroxylation sites is 2. The van der Waals surface area contributed by atoms with E-state index in [1.807, 2.05) is 36.7 Å². The number of Topliss-reactive ketones (excluding diaryl/α,β-unsaturated/α-hetero) is 1. The number of carbonyl (C=O) groups is 1. The Morgan fingerprint density at radius 1 is 0.821 bits per heavy atom. The summed E-state index contributed by atoms with van der Waals surface area (Å²) < 4.78 is 0. The van der Waals surface area contributed by atoms with Crippen molar-refractivity contribution in [3.05, 3.63) is 71.0 Å². The Hall–Kier alpha value is -2.23. The van der Waals surface area contributed by atoms with Gasteiger partial charge in [0.25, 0.3) is 0 Å². The van der Waals surface area contributed by atoms with Crippen molar-refractivity contribution in [2.24, 2.45) is 0 Å². The van der Waals surface area contributed by atoms with E-state index in [2.05, 4.69) is 35.9 Å². The fourth-order valence-corrected chi connectivity index (χ4v) is 4.74. The van der Waals surface area contributed by atoms with Crippen LogP contribution < -0.4 is 0 Å². The lowest BCUT2D eigenvalue weighted by Crippen LogP contribution is -2.23. The SMILES string of the molecule is Cc1cccc2c(C(CCl)C(=O)C(CCl)c3c[nH]c4c(C)cccc34)c[nH]c12. The zero-order valence-corrected chi connectivity index (χ0v) is 17.4. The molecule has 2 aromatic carbocycles. The van der Waals surface area contributed by atoms with Gasteiger partial charge in [0.05, 0.1) is 11.8 Å². The van der Waals surface area contributed by atoms with E-state index in [1.165, 1.54) is 0 Å². The molecule has 0 aliphatic carbocycles. The molecule has 0 fully saturated rings. The topological polar surface area (TPSA) is 48.6 Å². The van der Waals surface area contributed by atoms with E-state index < -0.39 is 11.8 Å². The van der Waals surface area contributed by atoms with E-state index in [9.17, 15) is 4.79 Å². The van der Waals surface area contributed by atoms with Crippen molar-refractivity contribution < 1.29 is 4.79 Å². The number of fused-ring (bicyclic) bond motifs is 2. The predicted octanol–water partition coefficient (Wildman–Crippen LogP) is 6.18. The second kappa shape index (κ2) is 7.65. The van der Waals surface area contributed by atoms with E-state index in [4.69, 9.17) is 23.2 Å². The molecule has 0 aliphatic rings. The number of nitrogens with one attached hydrogen (secondary N) is 2. The predicted molar refractivity (Wildman–Crippen MR) is 118 cm³/mol. The van der Waals surface area contributed by atoms with Crippen LogP contribution in [0.25, 0.3) is 21.8 Å². The minimum Gasteiger partial charge on any atom is -0.361 e. The summed E-state index contributed by atoms with van der Waals surface area (Å²) in [6.45, 7) is 4.10. The van der Waals surface area contributed by atoms with Crippen LogP contribution in [0.15, 0.2) is 48.8 Å². The number of benzene rings is 2. The molecule has 0 saturated heterocycles. The van der Waals surface area contributed by atoms with Gasteiger partial charge in [0.2, 0.25) is 0 Å². The fourth-order valence-electron chi connectivity index (χ4n) is 4.10. The van der Waals surface area contributed by atoms with Gasteiger partial charge in [-0.1, -0.05) is 36.4 Å². The third-order valence-electron chi connectivity index (χ3n) is 5.66. The van der Waals surface area contributed by atoms with E-state index in [-0.39, 0.29) is 17.5 Å². The van der Waals surface area contributed by atoms with Gasteiger partial charge in [0.1, 0.15) is 5.78 Å². The molecule has 0 bridgehead atoms. The van der Waals surface area contributed by atoms with Crippen LogP contribution in [-0.2, 0) is 4.79 Å². The molecule has 4 aromatic rings. The number of hydrogen-bond acceptors (Lipinski definition) is 1. The number of halogens is 2. The van der Waals surface area contributed by atoms with Crippen molar-refractivity contribution in [1.29, 1.82) is 0 Å². The lowest BCUT2D eigenvalue weighted by Gasteiger charge is -2.19. The maximum absolute atomic E-state index is 13.6. The summed E-state index contributed by atoms with van der Waals surface area (Å²) >= 11 is 12.6. The summed E-state index contributed by atoms with van der Waals surface area (Å²) in [5, 5.41) is 2.09. The number of ketones is 1. The van der Waals surface area contributed by atoms with Gasteiger partial charge in [-0.3, -0.25) is 4.79 Å². The van der Waals surface area contributed by atoms with Crippen LogP contribution in [0.4, 0.5) is 0 Å². The number of rotatable bonds is 6. The third-order valence-corrected chi connectivity index (χ3v) is 6.28. The maximum Gasteiger partial charge on any atom is 0.150 e. The van der Waals surface area contributed by atoms with Crippen LogP contribution >= 0.6 is 23.2 Å². The average Bonchev–Trinajstić information content (AvgIpc) is 3.30. The molecule has 28 heavy (non-hydrogen) atoms. The zero-order chi connectivity index (χ0) is 19.8. The van der Waals surface area contributed by atoms with Crippen molar-refractivity contribution in [2.75, 3.05) is 11.8 Å². The molecule has 4 rings (SSSR count). The molecule has 0 aliphatic heterocycles. The molecule has 0 amide bonds. The Morgan fingerprint density at radius 2 is 1.25 bits per heavy atom. The number of aromatic amines is 2. The number of carbonyl (C=O) groups excluding carboxylic acids is 1. The molecule has 2 unspecified atom stereocenters. The minimum absolute atomic E-state index is 0.0508. The largest absolute Gasteiger partial charge is 0.361 e. The molecule has 2 aromatic heterocycles. The van der Waals surface area contributed by atoms with Gasteiger partial charge in [0.15, 0.2) is 0 Å². The fraction of sp³-hybridized carbons (Fsp3) is 0.261. The van der Waals surface area contributed by atoms with Gasteiger partial charge >= 0.3 is 0 Å². The molecule has 5 heteroatoms. The first kappa shape index (κ1) is 19.1. The normalized spacial score (nSPS) is 13.9. The molecule has 2 N–H and O–H groups in total. The second-order valence-electron chi connectivity index (χ2n) is 7.30. The molecule has 144 valence electrons. The van der Waals surface area contributed by atoms with Crippen molar-refractivity contribution >= 4 is 50.8 Å². The van der Waals surface area contributed by atoms with Crippen LogP contribution in [-0.4, -0.2) is 27.5 Å². The zero-order valence-electron chi connectivity index (χ0n) is 15.9. The van der Waals surface area contributed by atoms with Crippen LogP contribution in [0.1, 0.15) is 34.1 Å². The summed E-state index contributed by atoms with van der Waals surface area (Å²) in [6, 6.07) is 12.2. The highest BCUT2D eigenvalue weighted by atomic mass is 35.5. The number of alkyl halides is 2. The molecule has 2 heterocycles. The van der Waals surface area contributed by atoms with Gasteiger partial charge in [-0.25, -0.2) is 0 Å².